The Labute approximate surface area is 328 Å². The molecule has 4 aromatic rings. The number of carbonyl (C=O) groups is 2. The van der Waals surface area contributed by atoms with Gasteiger partial charge in [-0.3, -0.25) is 19.6 Å². The molecule has 0 saturated carbocycles. The summed E-state index contributed by atoms with van der Waals surface area (Å²) in [6.45, 7) is 3.83. The fraction of sp³-hybridized carbons (Fsp3) is 0.385. The van der Waals surface area contributed by atoms with Crippen molar-refractivity contribution < 1.29 is 29.3 Å². The summed E-state index contributed by atoms with van der Waals surface area (Å²) in [6, 6.07) is 17.6. The van der Waals surface area contributed by atoms with Gasteiger partial charge in [0.25, 0.3) is 0 Å². The molecule has 0 radical (unpaired) electrons. The minimum absolute atomic E-state index is 0. The van der Waals surface area contributed by atoms with Crippen LogP contribution in [-0.4, -0.2) is 68.6 Å². The van der Waals surface area contributed by atoms with Gasteiger partial charge in [-0.1, -0.05) is 53.8 Å². The minimum Gasteiger partial charge on any atom is -0.390 e. The maximum Gasteiger partial charge on any atom is 0.230 e. The van der Waals surface area contributed by atoms with E-state index in [9.17, 15) is 19.8 Å². The summed E-state index contributed by atoms with van der Waals surface area (Å²) in [7, 11) is 0. The summed E-state index contributed by atoms with van der Waals surface area (Å²) in [5.74, 6) is -1.61. The van der Waals surface area contributed by atoms with Gasteiger partial charge in [0.05, 0.1) is 68.6 Å². The molecule has 10 nitrogen and oxygen atoms in total. The molecule has 280 valence electrons. The highest BCUT2D eigenvalue weighted by molar-refractivity contribution is 6.42. The molecule has 10 atom stereocenters. The number of hydrogen-bond acceptors (Lipinski definition) is 8. The van der Waals surface area contributed by atoms with Gasteiger partial charge in [0.2, 0.25) is 11.8 Å². The number of aromatic nitrogens is 2. The lowest BCUT2D eigenvalue weighted by atomic mass is 9.74. The third-order valence-corrected chi connectivity index (χ3v) is 11.7. The van der Waals surface area contributed by atoms with E-state index in [0.29, 0.717) is 44.3 Å². The number of aliphatic hydroxyl groups is 2. The first kappa shape index (κ1) is 39.4. The number of anilines is 2. The molecule has 2 aromatic heterocycles. The summed E-state index contributed by atoms with van der Waals surface area (Å²) in [5, 5.41) is 27.9. The van der Waals surface area contributed by atoms with Gasteiger partial charge in [-0.2, -0.15) is 0 Å². The molecule has 4 aliphatic rings. The van der Waals surface area contributed by atoms with E-state index in [0.717, 1.165) is 22.5 Å². The second-order valence-corrected chi connectivity index (χ2v) is 15.3. The fourth-order valence-electron chi connectivity index (χ4n) is 8.04. The molecule has 0 unspecified atom stereocenters. The Bertz CT molecular complexity index is 1860. The zero-order valence-corrected chi connectivity index (χ0v) is 31.1. The molecule has 6 heterocycles. The number of rotatable bonds is 6. The first-order valence-corrected chi connectivity index (χ1v) is 18.4. The molecule has 0 aliphatic carbocycles. The van der Waals surface area contributed by atoms with Crippen molar-refractivity contribution in [2.45, 2.75) is 82.6 Å². The Morgan fingerprint density at radius 2 is 1.04 bits per heavy atom. The van der Waals surface area contributed by atoms with E-state index < -0.39 is 36.3 Å². The summed E-state index contributed by atoms with van der Waals surface area (Å²) < 4.78 is 11.9. The van der Waals surface area contributed by atoms with Gasteiger partial charge in [-0.15, -0.1) is 0 Å². The lowest BCUT2D eigenvalue weighted by Gasteiger charge is -2.30. The van der Waals surface area contributed by atoms with Crippen LogP contribution in [0.1, 0.15) is 54.6 Å². The second-order valence-electron chi connectivity index (χ2n) is 13.7. The molecular formula is C39H40Cl4N4O6. The monoisotopic (exact) mass is 800 g/mol. The van der Waals surface area contributed by atoms with Crippen LogP contribution in [0.15, 0.2) is 73.1 Å². The van der Waals surface area contributed by atoms with Gasteiger partial charge < -0.3 is 30.3 Å². The number of ether oxygens (including phenoxy) is 2. The van der Waals surface area contributed by atoms with Crippen LogP contribution in [-0.2, 0) is 19.1 Å². The molecule has 2 aromatic carbocycles. The van der Waals surface area contributed by atoms with Crippen LogP contribution in [0.3, 0.4) is 0 Å². The summed E-state index contributed by atoms with van der Waals surface area (Å²) in [5.41, 5.74) is 4.90. The Hall–Kier alpha value is -3.32. The number of amides is 2. The molecule has 4 aliphatic heterocycles. The van der Waals surface area contributed by atoms with E-state index in [1.165, 1.54) is 0 Å². The number of aliphatic hydroxyl groups excluding tert-OH is 2. The van der Waals surface area contributed by atoms with E-state index >= 15 is 0 Å². The van der Waals surface area contributed by atoms with Crippen molar-refractivity contribution in [2.75, 3.05) is 10.6 Å². The van der Waals surface area contributed by atoms with Crippen LogP contribution in [0.4, 0.5) is 11.4 Å². The van der Waals surface area contributed by atoms with Crippen molar-refractivity contribution in [1.82, 2.24) is 9.97 Å². The largest absolute Gasteiger partial charge is 0.390 e. The Kier molecular flexibility index (Phi) is 12.0. The normalized spacial score (nSPS) is 29.2. The molecule has 2 amide bonds. The highest BCUT2D eigenvalue weighted by atomic mass is 35.5. The van der Waals surface area contributed by atoms with Crippen molar-refractivity contribution >= 4 is 69.6 Å². The zero-order valence-electron chi connectivity index (χ0n) is 28.0. The highest BCUT2D eigenvalue weighted by Crippen LogP contribution is 2.50. The molecule has 0 spiro atoms. The SMILES string of the molecule is C.Cc1cc([C@@H]2[C@@H](C(=O)Nc3ccc(Cl)c(Cl)c3)[C@@H]3O[C@H]2C[C@H]3O)ccn1.Cc1cc([C@H]2[C@H](C(=O)Nc3ccc(Cl)c(Cl)c3)[C@H]3O[C@@H]2C[C@@H]3O)ccn1. The van der Waals surface area contributed by atoms with Crippen LogP contribution >= 0.6 is 46.4 Å². The Morgan fingerprint density at radius 3 is 1.40 bits per heavy atom. The molecule has 14 heteroatoms. The number of benzene rings is 2. The summed E-state index contributed by atoms with van der Waals surface area (Å²) in [4.78, 5) is 34.5. The average molecular weight is 803 g/mol. The van der Waals surface area contributed by atoms with E-state index in [2.05, 4.69) is 20.6 Å². The molecular weight excluding hydrogens is 762 g/mol. The number of pyridine rings is 2. The van der Waals surface area contributed by atoms with Crippen molar-refractivity contribution in [3.63, 3.8) is 0 Å². The molecule has 8 rings (SSSR count). The van der Waals surface area contributed by atoms with Crippen LogP contribution in [0.25, 0.3) is 0 Å². The number of halogens is 4. The first-order chi connectivity index (χ1) is 24.9. The van der Waals surface area contributed by atoms with Gasteiger partial charge in [0.1, 0.15) is 0 Å². The summed E-state index contributed by atoms with van der Waals surface area (Å²) in [6.07, 6.45) is 1.89. The smallest absolute Gasteiger partial charge is 0.230 e. The van der Waals surface area contributed by atoms with E-state index in [4.69, 9.17) is 55.9 Å². The van der Waals surface area contributed by atoms with Crippen molar-refractivity contribution in [1.29, 1.82) is 0 Å². The zero-order chi connectivity index (χ0) is 36.8. The molecule has 4 saturated heterocycles. The highest BCUT2D eigenvalue weighted by Gasteiger charge is 2.58. The van der Waals surface area contributed by atoms with Gasteiger partial charge in [0, 0.05) is 59.8 Å². The lowest BCUT2D eigenvalue weighted by Crippen LogP contribution is -2.42. The van der Waals surface area contributed by atoms with Crippen LogP contribution in [0, 0.1) is 25.7 Å². The minimum atomic E-state index is -0.635. The van der Waals surface area contributed by atoms with Crippen LogP contribution in [0.2, 0.25) is 20.1 Å². The Morgan fingerprint density at radius 1 is 0.642 bits per heavy atom. The third kappa shape index (κ3) is 8.07. The number of hydrogen-bond donors (Lipinski definition) is 4. The van der Waals surface area contributed by atoms with Gasteiger partial charge in [-0.05, 0) is 85.6 Å². The Balaban J connectivity index is 0.000000178. The molecule has 4 N–H and O–H groups in total. The fourth-order valence-corrected chi connectivity index (χ4v) is 8.64. The van der Waals surface area contributed by atoms with Gasteiger partial charge in [0.15, 0.2) is 0 Å². The van der Waals surface area contributed by atoms with Crippen LogP contribution in [0.5, 0.6) is 0 Å². The predicted octanol–water partition coefficient (Wildman–Crippen LogP) is 7.77. The number of nitrogens with zero attached hydrogens (tertiary/aromatic N) is 2. The van der Waals surface area contributed by atoms with Gasteiger partial charge >= 0.3 is 0 Å². The molecule has 4 bridgehead atoms. The van der Waals surface area contributed by atoms with Crippen molar-refractivity contribution in [3.05, 3.63) is 116 Å². The molecule has 53 heavy (non-hydrogen) atoms. The summed E-state index contributed by atoms with van der Waals surface area (Å²) >= 11 is 23.9. The molecule has 4 fully saturated rings. The van der Waals surface area contributed by atoms with E-state index in [-0.39, 0.29) is 43.3 Å². The number of nitrogens with one attached hydrogen (secondary N) is 2. The second kappa shape index (κ2) is 16.2. The predicted molar refractivity (Wildman–Crippen MR) is 206 cm³/mol. The first-order valence-electron chi connectivity index (χ1n) is 16.9. The number of fused-ring (bicyclic) bond motifs is 4. The topological polar surface area (TPSA) is 143 Å². The third-order valence-electron chi connectivity index (χ3n) is 10.2. The van der Waals surface area contributed by atoms with E-state index in [1.54, 1.807) is 48.8 Å². The van der Waals surface area contributed by atoms with Crippen LogP contribution < -0.4 is 10.6 Å². The lowest BCUT2D eigenvalue weighted by molar-refractivity contribution is -0.124. The number of aryl methyl sites for hydroxylation is 2. The van der Waals surface area contributed by atoms with Crippen molar-refractivity contribution in [3.8, 4) is 0 Å². The van der Waals surface area contributed by atoms with Crippen molar-refractivity contribution in [2.24, 2.45) is 11.8 Å². The standard InChI is InChI=1S/2C19H18Cl2N2O3.CH4/c2*1-9-6-10(4-5-22-9)16-15-8-14(24)18(26-15)17(16)19(25)23-11-2-3-12(20)13(21)7-11;/h2*2-7,14-18,24H,8H2,1H3,(H,23,25);1H4/t2*14-,15+,16+,17-,18-;/m10./s1. The number of carbonyl (C=O) groups excluding carboxylic acids is 2. The quantitative estimate of drug-likeness (QED) is 0.155. The maximum atomic E-state index is 13.0. The van der Waals surface area contributed by atoms with E-state index in [1.807, 2.05) is 38.1 Å². The van der Waals surface area contributed by atoms with Gasteiger partial charge in [-0.25, -0.2) is 0 Å². The maximum absolute atomic E-state index is 13.0. The average Bonchev–Trinajstić information content (AvgIpc) is 3.87.